The average Bonchev–Trinajstić information content (AvgIpc) is 2.93. The minimum absolute atomic E-state index is 0.0421. The van der Waals surface area contributed by atoms with E-state index in [1.165, 1.54) is 0 Å². The summed E-state index contributed by atoms with van der Waals surface area (Å²) in [5.41, 5.74) is 0.0421. The van der Waals surface area contributed by atoms with Crippen LogP contribution in [0.25, 0.3) is 0 Å². The van der Waals surface area contributed by atoms with E-state index in [1.54, 1.807) is 0 Å². The van der Waals surface area contributed by atoms with Crippen molar-refractivity contribution in [2.45, 2.75) is 24.9 Å². The van der Waals surface area contributed by atoms with Crippen molar-refractivity contribution in [1.82, 2.24) is 15.0 Å². The quantitative estimate of drug-likeness (QED) is 0.706. The van der Waals surface area contributed by atoms with Crippen LogP contribution in [-0.4, -0.2) is 34.7 Å². The summed E-state index contributed by atoms with van der Waals surface area (Å²) in [6.07, 6.45) is 2.14. The summed E-state index contributed by atoms with van der Waals surface area (Å²) in [5.74, 6) is 0.824. The summed E-state index contributed by atoms with van der Waals surface area (Å²) in [5, 5.41) is 3.61. The summed E-state index contributed by atoms with van der Waals surface area (Å²) in [7, 11) is 0. The largest absolute Gasteiger partial charge is 0.339 e. The van der Waals surface area contributed by atoms with Gasteiger partial charge in [0, 0.05) is 6.54 Å². The van der Waals surface area contributed by atoms with Gasteiger partial charge in [0.15, 0.2) is 6.67 Å². The van der Waals surface area contributed by atoms with E-state index in [0.29, 0.717) is 5.89 Å². The van der Waals surface area contributed by atoms with Crippen LogP contribution in [0.2, 0.25) is 0 Å². The molecule has 1 aromatic heterocycles. The zero-order valence-electron chi connectivity index (χ0n) is 7.87. The SMILES string of the molecule is FCc1noc(C23CCN(CC2)C3)n1. The molecule has 3 rings (SSSR count). The van der Waals surface area contributed by atoms with Crippen molar-refractivity contribution < 1.29 is 8.91 Å². The Morgan fingerprint density at radius 1 is 1.43 bits per heavy atom. The first-order valence-corrected chi connectivity index (χ1v) is 4.94. The van der Waals surface area contributed by atoms with Crippen LogP contribution in [0.3, 0.4) is 0 Å². The number of alkyl halides is 1. The number of fused-ring (bicyclic) bond motifs is 2. The Bertz CT molecular complexity index is 344. The molecule has 2 aliphatic heterocycles. The second-order valence-corrected chi connectivity index (χ2v) is 4.21. The molecule has 0 saturated carbocycles. The lowest BCUT2D eigenvalue weighted by Crippen LogP contribution is -2.24. The molecule has 0 N–H and O–H groups in total. The van der Waals surface area contributed by atoms with E-state index >= 15 is 0 Å². The van der Waals surface area contributed by atoms with Gasteiger partial charge in [-0.3, -0.25) is 0 Å². The van der Waals surface area contributed by atoms with E-state index < -0.39 is 6.67 Å². The van der Waals surface area contributed by atoms with Gasteiger partial charge in [0.25, 0.3) is 0 Å². The van der Waals surface area contributed by atoms with Crippen LogP contribution < -0.4 is 0 Å². The molecule has 0 radical (unpaired) electrons. The molecule has 0 atom stereocenters. The topological polar surface area (TPSA) is 42.2 Å². The summed E-state index contributed by atoms with van der Waals surface area (Å²) >= 11 is 0. The lowest BCUT2D eigenvalue weighted by Gasteiger charge is -2.19. The van der Waals surface area contributed by atoms with E-state index in [1.807, 2.05) is 0 Å². The number of hydrogen-bond donors (Lipinski definition) is 0. The standard InChI is InChI=1S/C9H12FN3O/c10-5-7-11-8(14-12-7)9-1-3-13(6-9)4-2-9/h1-6H2. The van der Waals surface area contributed by atoms with Crippen LogP contribution in [0.5, 0.6) is 0 Å². The van der Waals surface area contributed by atoms with Gasteiger partial charge >= 0.3 is 0 Å². The van der Waals surface area contributed by atoms with Crippen molar-refractivity contribution in [1.29, 1.82) is 0 Å². The molecule has 0 unspecified atom stereocenters. The normalized spacial score (nSPS) is 35.4. The zero-order chi connectivity index (χ0) is 9.60. The Labute approximate surface area is 81.1 Å². The first kappa shape index (κ1) is 8.35. The number of halogens is 1. The minimum atomic E-state index is -0.636. The Kier molecular flexibility index (Phi) is 1.65. The molecule has 2 saturated heterocycles. The molecule has 0 aromatic carbocycles. The number of piperidine rings is 1. The predicted octanol–water partition coefficient (Wildman–Crippen LogP) is 0.886. The molecule has 0 amide bonds. The van der Waals surface area contributed by atoms with Gasteiger partial charge in [0.1, 0.15) is 0 Å². The van der Waals surface area contributed by atoms with Crippen LogP contribution in [-0.2, 0) is 12.1 Å². The highest BCUT2D eigenvalue weighted by Gasteiger charge is 2.48. The predicted molar refractivity (Wildman–Crippen MR) is 46.5 cm³/mol. The van der Waals surface area contributed by atoms with Crippen LogP contribution in [0.4, 0.5) is 4.39 Å². The molecule has 2 bridgehead atoms. The molecule has 4 nitrogen and oxygen atoms in total. The van der Waals surface area contributed by atoms with Crippen molar-refractivity contribution in [3.63, 3.8) is 0 Å². The summed E-state index contributed by atoms with van der Waals surface area (Å²) in [6.45, 7) is 2.57. The third kappa shape index (κ3) is 1.02. The Hall–Kier alpha value is -0.970. The van der Waals surface area contributed by atoms with Gasteiger partial charge in [0.05, 0.1) is 5.41 Å². The van der Waals surface area contributed by atoms with E-state index in [0.717, 1.165) is 32.5 Å². The molecule has 3 heterocycles. The van der Waals surface area contributed by atoms with Crippen LogP contribution >= 0.6 is 0 Å². The summed E-state index contributed by atoms with van der Waals surface area (Å²) in [4.78, 5) is 6.49. The zero-order valence-corrected chi connectivity index (χ0v) is 7.87. The van der Waals surface area contributed by atoms with E-state index in [4.69, 9.17) is 4.52 Å². The maximum atomic E-state index is 12.3. The van der Waals surface area contributed by atoms with Crippen molar-refractivity contribution in [2.24, 2.45) is 0 Å². The van der Waals surface area contributed by atoms with Gasteiger partial charge in [-0.15, -0.1) is 0 Å². The molecule has 76 valence electrons. The number of rotatable bonds is 2. The van der Waals surface area contributed by atoms with Gasteiger partial charge in [-0.05, 0) is 25.9 Å². The monoisotopic (exact) mass is 197 g/mol. The van der Waals surface area contributed by atoms with Crippen molar-refractivity contribution in [3.05, 3.63) is 11.7 Å². The molecular weight excluding hydrogens is 185 g/mol. The van der Waals surface area contributed by atoms with Crippen LogP contribution in [0, 0.1) is 0 Å². The Morgan fingerprint density at radius 3 is 2.71 bits per heavy atom. The first-order valence-electron chi connectivity index (χ1n) is 4.94. The smallest absolute Gasteiger partial charge is 0.234 e. The lowest BCUT2D eigenvalue weighted by molar-refractivity contribution is 0.288. The fourth-order valence-corrected chi connectivity index (χ4v) is 2.53. The molecule has 2 fully saturated rings. The number of aromatic nitrogens is 2. The van der Waals surface area contributed by atoms with Crippen molar-refractivity contribution >= 4 is 0 Å². The third-order valence-electron chi connectivity index (χ3n) is 3.38. The maximum Gasteiger partial charge on any atom is 0.234 e. The molecule has 1 aromatic rings. The Balaban J connectivity index is 1.94. The van der Waals surface area contributed by atoms with Crippen molar-refractivity contribution in [2.75, 3.05) is 19.6 Å². The average molecular weight is 197 g/mol. The third-order valence-corrected chi connectivity index (χ3v) is 3.38. The lowest BCUT2D eigenvalue weighted by atomic mass is 9.84. The summed E-state index contributed by atoms with van der Waals surface area (Å²) < 4.78 is 17.4. The Morgan fingerprint density at radius 2 is 2.21 bits per heavy atom. The highest BCUT2D eigenvalue weighted by molar-refractivity contribution is 5.14. The number of hydrogen-bond acceptors (Lipinski definition) is 4. The van der Waals surface area contributed by atoms with Gasteiger partial charge in [-0.2, -0.15) is 4.98 Å². The maximum absolute atomic E-state index is 12.3. The fraction of sp³-hybridized carbons (Fsp3) is 0.778. The second kappa shape index (κ2) is 2.76. The van der Waals surface area contributed by atoms with E-state index in [-0.39, 0.29) is 11.2 Å². The molecular formula is C9H12FN3O. The highest BCUT2D eigenvalue weighted by Crippen LogP contribution is 2.42. The number of nitrogens with zero attached hydrogens (tertiary/aromatic N) is 3. The molecule has 5 heteroatoms. The minimum Gasteiger partial charge on any atom is -0.339 e. The first-order chi connectivity index (χ1) is 6.82. The van der Waals surface area contributed by atoms with Gasteiger partial charge in [0.2, 0.25) is 11.7 Å². The molecule has 0 aliphatic carbocycles. The molecule has 14 heavy (non-hydrogen) atoms. The highest BCUT2D eigenvalue weighted by atomic mass is 19.1. The van der Waals surface area contributed by atoms with E-state index in [2.05, 4.69) is 15.0 Å². The van der Waals surface area contributed by atoms with E-state index in [9.17, 15) is 4.39 Å². The fourth-order valence-electron chi connectivity index (χ4n) is 2.53. The summed E-state index contributed by atoms with van der Waals surface area (Å²) in [6, 6.07) is 0. The van der Waals surface area contributed by atoms with Crippen molar-refractivity contribution in [3.8, 4) is 0 Å². The van der Waals surface area contributed by atoms with Crippen LogP contribution in [0.15, 0.2) is 4.52 Å². The van der Waals surface area contributed by atoms with Gasteiger partial charge in [-0.1, -0.05) is 5.16 Å². The van der Waals surface area contributed by atoms with Gasteiger partial charge in [-0.25, -0.2) is 4.39 Å². The molecule has 0 spiro atoms. The van der Waals surface area contributed by atoms with Crippen LogP contribution in [0.1, 0.15) is 24.6 Å². The van der Waals surface area contributed by atoms with Gasteiger partial charge < -0.3 is 9.42 Å². The second-order valence-electron chi connectivity index (χ2n) is 4.21. The molecule has 2 aliphatic rings.